The van der Waals surface area contributed by atoms with Crippen LogP contribution in [0.1, 0.15) is 32.6 Å². The number of allylic oxidation sites excluding steroid dienone is 4. The van der Waals surface area contributed by atoms with Crippen molar-refractivity contribution in [1.29, 1.82) is 0 Å². The van der Waals surface area contributed by atoms with Gasteiger partial charge in [-0.2, -0.15) is 0 Å². The van der Waals surface area contributed by atoms with Crippen molar-refractivity contribution >= 4 is 10.2 Å². The molecule has 0 aromatic rings. The predicted octanol–water partition coefficient (Wildman–Crippen LogP) is 5.94. The molecular weight excluding hydrogens is 259 g/mol. The molecule has 0 saturated heterocycles. The summed E-state index contributed by atoms with van der Waals surface area (Å²) in [5.41, 5.74) is -0.0569. The molecule has 0 heterocycles. The third-order valence-corrected chi connectivity index (χ3v) is 4.80. The Hall–Kier alpha value is -0.520. The molecule has 0 spiro atoms. The maximum Gasteiger partial charge on any atom is 0.307 e. The highest BCUT2D eigenvalue weighted by atomic mass is 32.5. The van der Waals surface area contributed by atoms with Gasteiger partial charge in [0.2, 0.25) is 0 Å². The van der Waals surface area contributed by atoms with Gasteiger partial charge in [-0.1, -0.05) is 44.9 Å². The van der Waals surface area contributed by atoms with Gasteiger partial charge in [0.1, 0.15) is 0 Å². The van der Waals surface area contributed by atoms with E-state index in [1.807, 2.05) is 6.92 Å². The van der Waals surface area contributed by atoms with Crippen molar-refractivity contribution in [3.05, 3.63) is 22.6 Å². The largest absolute Gasteiger partial charge is 0.307 e. The van der Waals surface area contributed by atoms with E-state index < -0.39 is 27.0 Å². The third-order valence-electron chi connectivity index (χ3n) is 3.40. The summed E-state index contributed by atoms with van der Waals surface area (Å²) in [6, 6.07) is 0. The monoisotopic (exact) mass is 274 g/mol. The van der Waals surface area contributed by atoms with Crippen LogP contribution in [0.5, 0.6) is 0 Å². The van der Waals surface area contributed by atoms with E-state index in [1.54, 1.807) is 6.08 Å². The van der Waals surface area contributed by atoms with Gasteiger partial charge in [-0.25, -0.2) is 0 Å². The van der Waals surface area contributed by atoms with Crippen molar-refractivity contribution in [1.82, 2.24) is 0 Å². The van der Waals surface area contributed by atoms with Gasteiger partial charge in [0.15, 0.2) is 0 Å². The van der Waals surface area contributed by atoms with Crippen LogP contribution in [0, 0.1) is 11.8 Å². The Bertz CT molecular complexity index is 402. The molecule has 0 nitrogen and oxygen atoms in total. The second-order valence-corrected chi connectivity index (χ2v) is 7.17. The van der Waals surface area contributed by atoms with E-state index >= 15 is 0 Å². The Morgan fingerprint density at radius 3 is 2.24 bits per heavy atom. The van der Waals surface area contributed by atoms with E-state index in [0.29, 0.717) is 12.8 Å². The fraction of sp³-hybridized carbons (Fsp3) is 0.636. The molecule has 6 heteroatoms. The van der Waals surface area contributed by atoms with Crippen LogP contribution in [-0.2, 0) is 0 Å². The summed E-state index contributed by atoms with van der Waals surface area (Å²) in [5, 5.41) is 0. The molecule has 2 aliphatic carbocycles. The molecule has 2 unspecified atom stereocenters. The van der Waals surface area contributed by atoms with Gasteiger partial charge >= 0.3 is 10.2 Å². The molecule has 0 fully saturated rings. The molecule has 0 N–H and O–H groups in total. The van der Waals surface area contributed by atoms with Crippen LogP contribution in [0.2, 0.25) is 0 Å². The highest BCUT2D eigenvalue weighted by molar-refractivity contribution is 8.48. The number of unbranched alkanes of at least 4 members (excludes halogenated alkanes) is 1. The smallest absolute Gasteiger partial charge is 0.0939 e. The minimum absolute atomic E-state index is 0.0569. The number of hydrogen-bond acceptors (Lipinski definition) is 0. The normalized spacial score (nSPS) is 31.9. The first-order valence-electron chi connectivity index (χ1n) is 5.68. The number of halogens is 5. The molecule has 17 heavy (non-hydrogen) atoms. The first kappa shape index (κ1) is 12.9. The Labute approximate surface area is 97.3 Å². The molecule has 2 aliphatic rings. The summed E-state index contributed by atoms with van der Waals surface area (Å²) in [7, 11) is -9.47. The van der Waals surface area contributed by atoms with Crippen molar-refractivity contribution in [2.45, 2.75) is 32.6 Å². The third kappa shape index (κ3) is 2.37. The summed E-state index contributed by atoms with van der Waals surface area (Å²) in [6.07, 6.45) is 4.49. The molecule has 0 aromatic heterocycles. The maximum atomic E-state index is 13.0. The molecule has 2 atom stereocenters. The molecule has 0 radical (unpaired) electrons. The highest BCUT2D eigenvalue weighted by Crippen LogP contribution is 3.04. The fourth-order valence-corrected chi connectivity index (χ4v) is 4.28. The number of fused-ring (bicyclic) bond motifs is 2. The molecular formula is C11H15F5S. The molecule has 0 aliphatic heterocycles. The quantitative estimate of drug-likeness (QED) is 0.440. The van der Waals surface area contributed by atoms with Gasteiger partial charge in [-0.3, -0.25) is 0 Å². The Morgan fingerprint density at radius 1 is 1.12 bits per heavy atom. The van der Waals surface area contributed by atoms with Crippen molar-refractivity contribution in [2.75, 3.05) is 0 Å². The van der Waals surface area contributed by atoms with Crippen molar-refractivity contribution in [3.8, 4) is 0 Å². The van der Waals surface area contributed by atoms with Crippen molar-refractivity contribution in [2.24, 2.45) is 11.8 Å². The second kappa shape index (κ2) is 3.08. The van der Waals surface area contributed by atoms with E-state index in [0.717, 1.165) is 0 Å². The van der Waals surface area contributed by atoms with E-state index in [-0.39, 0.29) is 18.4 Å². The zero-order chi connectivity index (χ0) is 13.0. The van der Waals surface area contributed by atoms with Crippen LogP contribution in [-0.4, -0.2) is 0 Å². The second-order valence-electron chi connectivity index (χ2n) is 4.80. The van der Waals surface area contributed by atoms with Gasteiger partial charge in [-0.05, 0) is 24.8 Å². The average Bonchev–Trinajstić information content (AvgIpc) is 2.69. The summed E-state index contributed by atoms with van der Waals surface area (Å²) in [6.45, 7) is 1.84. The first-order valence-corrected chi connectivity index (χ1v) is 7.63. The van der Waals surface area contributed by atoms with E-state index in [1.165, 1.54) is 6.08 Å². The molecule has 0 amide bonds. The Kier molecular flexibility index (Phi) is 2.34. The lowest BCUT2D eigenvalue weighted by Crippen LogP contribution is -2.15. The lowest BCUT2D eigenvalue weighted by atomic mass is 9.98. The predicted molar refractivity (Wildman–Crippen MR) is 60.4 cm³/mol. The minimum atomic E-state index is -9.47. The van der Waals surface area contributed by atoms with Crippen LogP contribution < -0.4 is 0 Å². The molecule has 100 valence electrons. The van der Waals surface area contributed by atoms with E-state index in [9.17, 15) is 19.4 Å². The summed E-state index contributed by atoms with van der Waals surface area (Å²) in [4.78, 5) is -1.48. The topological polar surface area (TPSA) is 0 Å². The van der Waals surface area contributed by atoms with Crippen LogP contribution >= 0.6 is 10.2 Å². The molecule has 2 rings (SSSR count). The van der Waals surface area contributed by atoms with Gasteiger partial charge in [0.25, 0.3) is 0 Å². The maximum absolute atomic E-state index is 13.0. The zero-order valence-corrected chi connectivity index (χ0v) is 10.3. The molecule has 2 bridgehead atoms. The first-order chi connectivity index (χ1) is 7.53. The van der Waals surface area contributed by atoms with Gasteiger partial charge in [-0.15, -0.1) is 0 Å². The SMILES string of the molecule is CCCCC1=C(S(F)(F)(F)(F)F)C2C=CC1C2. The summed E-state index contributed by atoms with van der Waals surface area (Å²) < 4.78 is 64.8. The molecule has 0 aromatic carbocycles. The zero-order valence-electron chi connectivity index (χ0n) is 9.44. The lowest BCUT2D eigenvalue weighted by Gasteiger charge is -2.44. The fourth-order valence-electron chi connectivity index (χ4n) is 2.78. The van der Waals surface area contributed by atoms with Gasteiger partial charge in [0, 0.05) is 11.8 Å². The van der Waals surface area contributed by atoms with Crippen LogP contribution in [0.25, 0.3) is 0 Å². The lowest BCUT2D eigenvalue weighted by molar-refractivity contribution is 0.372. The van der Waals surface area contributed by atoms with Gasteiger partial charge < -0.3 is 0 Å². The average molecular weight is 274 g/mol. The number of hydrogen-bond donors (Lipinski definition) is 0. The highest BCUT2D eigenvalue weighted by Gasteiger charge is 2.71. The number of rotatable bonds is 4. The van der Waals surface area contributed by atoms with Crippen LogP contribution in [0.15, 0.2) is 22.6 Å². The van der Waals surface area contributed by atoms with E-state index in [4.69, 9.17) is 0 Å². The Morgan fingerprint density at radius 2 is 1.71 bits per heavy atom. The van der Waals surface area contributed by atoms with Crippen LogP contribution in [0.4, 0.5) is 19.4 Å². The van der Waals surface area contributed by atoms with Crippen molar-refractivity contribution < 1.29 is 19.4 Å². The van der Waals surface area contributed by atoms with E-state index in [2.05, 4.69) is 0 Å². The minimum Gasteiger partial charge on any atom is -0.0939 e. The van der Waals surface area contributed by atoms with Crippen molar-refractivity contribution in [3.63, 3.8) is 0 Å². The standard InChI is InChI=1S/C11H15F5S/c1-2-3-4-10-8-5-6-9(7-8)11(10)17(12,13,14,15)16/h5-6,8-9H,2-4,7H2,1H3. The van der Waals surface area contributed by atoms with Gasteiger partial charge in [0.05, 0.1) is 4.91 Å². The summed E-state index contributed by atoms with van der Waals surface area (Å²) in [5.74, 6) is -1.52. The van der Waals surface area contributed by atoms with Crippen LogP contribution in [0.3, 0.4) is 0 Å². The summed E-state index contributed by atoms with van der Waals surface area (Å²) >= 11 is 0. The molecule has 0 saturated carbocycles. The Balaban J connectivity index is 2.45.